The molecule has 1 fully saturated rings. The van der Waals surface area contributed by atoms with Crippen LogP contribution in [0.25, 0.3) is 0 Å². The second-order valence-corrected chi connectivity index (χ2v) is 6.51. The van der Waals surface area contributed by atoms with Crippen molar-refractivity contribution in [3.8, 4) is 0 Å². The summed E-state index contributed by atoms with van der Waals surface area (Å²) in [4.78, 5) is 11.9. The van der Waals surface area contributed by atoms with Crippen LogP contribution >= 0.6 is 0 Å². The van der Waals surface area contributed by atoms with E-state index in [9.17, 15) is 4.79 Å². The number of carbonyl (C=O) groups is 1. The summed E-state index contributed by atoms with van der Waals surface area (Å²) < 4.78 is 5.28. The fourth-order valence-corrected chi connectivity index (χ4v) is 3.24. The number of furan rings is 1. The van der Waals surface area contributed by atoms with Crippen molar-refractivity contribution >= 4 is 11.6 Å². The SMILES string of the molecule is CC(=NNC(=O)c1ccc(C)o1)c1ccc(C2CCCCC2)cc1. The molecule has 0 atom stereocenters. The zero-order valence-corrected chi connectivity index (χ0v) is 14.3. The van der Waals surface area contributed by atoms with Gasteiger partial charge in [0.2, 0.25) is 0 Å². The quantitative estimate of drug-likeness (QED) is 0.649. The zero-order chi connectivity index (χ0) is 16.9. The smallest absolute Gasteiger partial charge is 0.307 e. The fourth-order valence-electron chi connectivity index (χ4n) is 3.24. The van der Waals surface area contributed by atoms with Crippen molar-refractivity contribution in [2.75, 3.05) is 0 Å². The maximum absolute atomic E-state index is 11.9. The van der Waals surface area contributed by atoms with E-state index in [2.05, 4.69) is 34.8 Å². The van der Waals surface area contributed by atoms with E-state index < -0.39 is 0 Å². The van der Waals surface area contributed by atoms with E-state index in [1.807, 2.05) is 6.92 Å². The minimum Gasteiger partial charge on any atom is -0.456 e. The molecule has 1 N–H and O–H groups in total. The van der Waals surface area contributed by atoms with Gasteiger partial charge in [-0.1, -0.05) is 43.5 Å². The summed E-state index contributed by atoms with van der Waals surface area (Å²) in [6.07, 6.45) is 6.64. The van der Waals surface area contributed by atoms with E-state index in [1.54, 1.807) is 19.1 Å². The van der Waals surface area contributed by atoms with Crippen LogP contribution in [0.5, 0.6) is 0 Å². The van der Waals surface area contributed by atoms with Crippen LogP contribution in [0.1, 0.15) is 72.4 Å². The van der Waals surface area contributed by atoms with Crippen LogP contribution in [0.4, 0.5) is 0 Å². The molecule has 2 aromatic rings. The van der Waals surface area contributed by atoms with Gasteiger partial charge in [0, 0.05) is 0 Å². The molecule has 0 aliphatic heterocycles. The molecular formula is C20H24N2O2. The van der Waals surface area contributed by atoms with Gasteiger partial charge in [-0.15, -0.1) is 0 Å². The van der Waals surface area contributed by atoms with Crippen molar-refractivity contribution in [3.63, 3.8) is 0 Å². The molecule has 24 heavy (non-hydrogen) atoms. The highest BCUT2D eigenvalue weighted by Crippen LogP contribution is 2.32. The summed E-state index contributed by atoms with van der Waals surface area (Å²) in [5.74, 6) is 1.35. The lowest BCUT2D eigenvalue weighted by Gasteiger charge is -2.22. The molecular weight excluding hydrogens is 300 g/mol. The number of nitrogens with zero attached hydrogens (tertiary/aromatic N) is 1. The van der Waals surface area contributed by atoms with Crippen molar-refractivity contribution in [1.82, 2.24) is 5.43 Å². The van der Waals surface area contributed by atoms with Crippen molar-refractivity contribution in [2.24, 2.45) is 5.10 Å². The first-order valence-electron chi connectivity index (χ1n) is 8.65. The Bertz CT molecular complexity index is 722. The van der Waals surface area contributed by atoms with Crippen molar-refractivity contribution < 1.29 is 9.21 Å². The van der Waals surface area contributed by atoms with Crippen molar-refractivity contribution in [3.05, 3.63) is 59.0 Å². The zero-order valence-electron chi connectivity index (χ0n) is 14.3. The van der Waals surface area contributed by atoms with Crippen molar-refractivity contribution in [1.29, 1.82) is 0 Å². The third-order valence-electron chi connectivity index (χ3n) is 4.69. The van der Waals surface area contributed by atoms with Gasteiger partial charge in [-0.3, -0.25) is 4.79 Å². The van der Waals surface area contributed by atoms with E-state index >= 15 is 0 Å². The number of nitrogens with one attached hydrogen (secondary N) is 1. The summed E-state index contributed by atoms with van der Waals surface area (Å²) >= 11 is 0. The van der Waals surface area contributed by atoms with Gasteiger partial charge in [0.1, 0.15) is 5.76 Å². The van der Waals surface area contributed by atoms with E-state index in [0.717, 1.165) is 11.3 Å². The van der Waals surface area contributed by atoms with E-state index in [1.165, 1.54) is 37.7 Å². The Kier molecular flexibility index (Phi) is 5.14. The van der Waals surface area contributed by atoms with Crippen LogP contribution < -0.4 is 5.43 Å². The monoisotopic (exact) mass is 324 g/mol. The number of amides is 1. The Labute approximate surface area is 143 Å². The van der Waals surface area contributed by atoms with Crippen LogP contribution in [-0.2, 0) is 0 Å². The fraction of sp³-hybridized carbons (Fsp3) is 0.400. The van der Waals surface area contributed by atoms with Gasteiger partial charge < -0.3 is 4.42 Å². The first kappa shape index (κ1) is 16.5. The number of aryl methyl sites for hydroxylation is 1. The molecule has 1 aromatic carbocycles. The minimum atomic E-state index is -0.332. The second-order valence-electron chi connectivity index (χ2n) is 6.51. The lowest BCUT2D eigenvalue weighted by molar-refractivity contribution is 0.0926. The molecule has 4 heteroatoms. The number of carbonyl (C=O) groups excluding carboxylic acids is 1. The molecule has 0 bridgehead atoms. The third-order valence-corrected chi connectivity index (χ3v) is 4.69. The maximum Gasteiger partial charge on any atom is 0.307 e. The molecule has 1 aliphatic rings. The minimum absolute atomic E-state index is 0.275. The Hall–Kier alpha value is -2.36. The summed E-state index contributed by atoms with van der Waals surface area (Å²) in [5.41, 5.74) is 5.76. The molecule has 1 aliphatic carbocycles. The largest absolute Gasteiger partial charge is 0.456 e. The van der Waals surface area contributed by atoms with Gasteiger partial charge in [-0.25, -0.2) is 5.43 Å². The number of hydrazone groups is 1. The standard InChI is InChI=1S/C20H24N2O2/c1-14-8-13-19(24-14)20(23)22-21-15(2)16-9-11-18(12-10-16)17-6-4-3-5-7-17/h8-13,17H,3-7H2,1-2H3,(H,22,23). The summed E-state index contributed by atoms with van der Waals surface area (Å²) in [6, 6.07) is 12.0. The number of benzene rings is 1. The lowest BCUT2D eigenvalue weighted by Crippen LogP contribution is -2.18. The first-order chi connectivity index (χ1) is 11.6. The molecule has 1 aromatic heterocycles. The molecule has 0 spiro atoms. The van der Waals surface area contributed by atoms with Crippen LogP contribution in [0.2, 0.25) is 0 Å². The topological polar surface area (TPSA) is 54.6 Å². The van der Waals surface area contributed by atoms with E-state index in [0.29, 0.717) is 11.7 Å². The molecule has 0 unspecified atom stereocenters. The van der Waals surface area contributed by atoms with Crippen LogP contribution in [0.3, 0.4) is 0 Å². The highest BCUT2D eigenvalue weighted by Gasteiger charge is 2.15. The van der Waals surface area contributed by atoms with Crippen molar-refractivity contribution in [2.45, 2.75) is 51.9 Å². The lowest BCUT2D eigenvalue weighted by atomic mass is 9.84. The highest BCUT2D eigenvalue weighted by molar-refractivity contribution is 6.00. The summed E-state index contributed by atoms with van der Waals surface area (Å²) in [6.45, 7) is 3.70. The Balaban J connectivity index is 1.63. The Morgan fingerprint density at radius 3 is 2.42 bits per heavy atom. The van der Waals surface area contributed by atoms with Gasteiger partial charge in [-0.05, 0) is 55.9 Å². The molecule has 3 rings (SSSR count). The Morgan fingerprint density at radius 1 is 1.08 bits per heavy atom. The highest BCUT2D eigenvalue weighted by atomic mass is 16.3. The molecule has 1 amide bonds. The predicted octanol–water partition coefficient (Wildman–Crippen LogP) is 4.79. The second kappa shape index (κ2) is 7.47. The molecule has 0 saturated heterocycles. The normalized spacial score (nSPS) is 16.2. The number of hydrogen-bond acceptors (Lipinski definition) is 3. The third kappa shape index (κ3) is 3.94. The van der Waals surface area contributed by atoms with Crippen LogP contribution in [0.15, 0.2) is 45.9 Å². The van der Waals surface area contributed by atoms with E-state index in [4.69, 9.17) is 4.42 Å². The number of hydrogen-bond donors (Lipinski definition) is 1. The molecule has 126 valence electrons. The van der Waals surface area contributed by atoms with Gasteiger partial charge >= 0.3 is 5.91 Å². The number of rotatable bonds is 4. The predicted molar refractivity (Wildman–Crippen MR) is 95.4 cm³/mol. The first-order valence-corrected chi connectivity index (χ1v) is 8.65. The summed E-state index contributed by atoms with van der Waals surface area (Å²) in [5, 5.41) is 4.18. The average molecular weight is 324 g/mol. The summed E-state index contributed by atoms with van der Waals surface area (Å²) in [7, 11) is 0. The van der Waals surface area contributed by atoms with Gasteiger partial charge in [0.15, 0.2) is 5.76 Å². The van der Waals surface area contributed by atoms with Gasteiger partial charge in [-0.2, -0.15) is 5.10 Å². The molecule has 1 saturated carbocycles. The van der Waals surface area contributed by atoms with Gasteiger partial charge in [0.25, 0.3) is 0 Å². The average Bonchev–Trinajstić information content (AvgIpc) is 3.07. The van der Waals surface area contributed by atoms with Crippen LogP contribution in [-0.4, -0.2) is 11.6 Å². The van der Waals surface area contributed by atoms with Crippen LogP contribution in [0, 0.1) is 6.92 Å². The molecule has 1 heterocycles. The van der Waals surface area contributed by atoms with Gasteiger partial charge in [0.05, 0.1) is 5.71 Å². The maximum atomic E-state index is 11.9. The molecule has 4 nitrogen and oxygen atoms in total. The Morgan fingerprint density at radius 2 is 1.79 bits per heavy atom. The van der Waals surface area contributed by atoms with E-state index in [-0.39, 0.29) is 11.7 Å². The molecule has 0 radical (unpaired) electrons.